The summed E-state index contributed by atoms with van der Waals surface area (Å²) >= 11 is 6.48. The van der Waals surface area contributed by atoms with Crippen molar-refractivity contribution in [1.82, 2.24) is 30.0 Å². The van der Waals surface area contributed by atoms with Crippen LogP contribution in [-0.4, -0.2) is 109 Å². The van der Waals surface area contributed by atoms with Crippen LogP contribution in [0.3, 0.4) is 0 Å². The number of anilines is 5. The lowest BCUT2D eigenvalue weighted by molar-refractivity contribution is -0.137. The Morgan fingerprint density at radius 2 is 1.62 bits per heavy atom. The van der Waals surface area contributed by atoms with Crippen molar-refractivity contribution in [3.05, 3.63) is 88.3 Å². The number of hydrogen-bond acceptors (Lipinski definition) is 14. The topological polar surface area (TPSA) is 154 Å². The third kappa shape index (κ3) is 9.01. The molecule has 4 aromatic rings. The molecule has 1 unspecified atom stereocenters. The van der Waals surface area contributed by atoms with Crippen molar-refractivity contribution in [3.8, 4) is 5.75 Å². The molecule has 318 valence electrons. The molecule has 4 aliphatic rings. The van der Waals surface area contributed by atoms with Gasteiger partial charge in [0.2, 0.25) is 17.8 Å². The van der Waals surface area contributed by atoms with Gasteiger partial charge >= 0.3 is 7.60 Å². The number of piperazine rings is 1. The van der Waals surface area contributed by atoms with E-state index < -0.39 is 7.60 Å². The number of amides is 2. The average molecular weight is 862 g/mol. The van der Waals surface area contributed by atoms with E-state index in [0.29, 0.717) is 72.3 Å². The second-order valence-electron chi connectivity index (χ2n) is 15.5. The van der Waals surface area contributed by atoms with Gasteiger partial charge in [0.25, 0.3) is 0 Å². The van der Waals surface area contributed by atoms with Gasteiger partial charge < -0.3 is 29.3 Å². The molecule has 4 aliphatic heterocycles. The van der Waals surface area contributed by atoms with Crippen molar-refractivity contribution in [2.24, 2.45) is 0 Å². The Bertz CT molecular complexity index is 2280. The molecule has 3 fully saturated rings. The van der Waals surface area contributed by atoms with Crippen molar-refractivity contribution in [3.63, 3.8) is 0 Å². The zero-order chi connectivity index (χ0) is 42.0. The standard InChI is InChI=1S/C42H50ClFN9O6P/c1-57-37-22-31(8-9-34(37)47-42-45-23-32(43)40(49-42)46-35-6-4-5-7-38(35)60(56,58-2)59-3)51-14-12-30(13-15-51)52-18-16-50(17-19-52)24-29-20-27-25-53(26-28(27)21-33(29)44)36-10-11-39(54)48-41(36)55/h4-9,20-23,30,36H,10-19,24-26H2,1-3H3,(H,48,54,55)(H2,45,46,47,49). The molecule has 1 atom stereocenters. The maximum absolute atomic E-state index is 15.3. The van der Waals surface area contributed by atoms with Gasteiger partial charge in [0.05, 0.1) is 36.0 Å². The van der Waals surface area contributed by atoms with Crippen molar-refractivity contribution >= 4 is 65.1 Å². The minimum atomic E-state index is -3.57. The van der Waals surface area contributed by atoms with E-state index in [9.17, 15) is 14.2 Å². The van der Waals surface area contributed by atoms with Gasteiger partial charge in [-0.3, -0.25) is 34.2 Å². The molecular formula is C42H50ClFN9O6P. The van der Waals surface area contributed by atoms with Crippen LogP contribution in [0.5, 0.6) is 5.75 Å². The molecule has 18 heteroatoms. The van der Waals surface area contributed by atoms with Gasteiger partial charge in [-0.25, -0.2) is 9.37 Å². The van der Waals surface area contributed by atoms with E-state index in [0.717, 1.165) is 68.9 Å². The SMILES string of the molecule is COc1cc(N2CCC(N3CCN(Cc4cc5c(cc4F)CN(C4CCC(=O)NC4=O)C5)CC3)CC2)ccc1Nc1ncc(Cl)c(Nc2ccccc2P(=O)(OC)OC)n1. The Hall–Kier alpha value is -4.67. The van der Waals surface area contributed by atoms with Crippen LogP contribution in [0, 0.1) is 5.82 Å². The lowest BCUT2D eigenvalue weighted by Gasteiger charge is -2.43. The molecule has 0 aliphatic carbocycles. The summed E-state index contributed by atoms with van der Waals surface area (Å²) in [6, 6.07) is 16.7. The molecule has 15 nitrogen and oxygen atoms in total. The number of nitrogens with zero attached hydrogens (tertiary/aromatic N) is 6. The minimum Gasteiger partial charge on any atom is -0.494 e. The van der Waals surface area contributed by atoms with Crippen LogP contribution in [-0.2, 0) is 42.8 Å². The number of imide groups is 1. The highest BCUT2D eigenvalue weighted by atomic mass is 35.5. The number of methoxy groups -OCH3 is 1. The third-order valence-corrected chi connectivity index (χ3v) is 14.2. The number of aromatic nitrogens is 2. The Morgan fingerprint density at radius 3 is 2.33 bits per heavy atom. The number of fused-ring (bicyclic) bond motifs is 1. The number of halogens is 2. The minimum absolute atomic E-state index is 0.197. The zero-order valence-electron chi connectivity index (χ0n) is 34.0. The number of hydrogen-bond donors (Lipinski definition) is 3. The van der Waals surface area contributed by atoms with Crippen LogP contribution in [0.15, 0.2) is 60.8 Å². The fourth-order valence-corrected chi connectivity index (χ4v) is 10.1. The van der Waals surface area contributed by atoms with Gasteiger partial charge in [0.1, 0.15) is 16.6 Å². The summed E-state index contributed by atoms with van der Waals surface area (Å²) < 4.78 is 44.8. The first-order valence-electron chi connectivity index (χ1n) is 20.2. The summed E-state index contributed by atoms with van der Waals surface area (Å²) in [6.07, 6.45) is 4.38. The van der Waals surface area contributed by atoms with E-state index in [-0.39, 0.29) is 34.6 Å². The second kappa shape index (κ2) is 18.1. The highest BCUT2D eigenvalue weighted by Gasteiger charge is 2.36. The Balaban J connectivity index is 0.832. The third-order valence-electron chi connectivity index (χ3n) is 12.0. The summed E-state index contributed by atoms with van der Waals surface area (Å²) in [5, 5.41) is 9.45. The van der Waals surface area contributed by atoms with Crippen LogP contribution in [0.1, 0.15) is 42.4 Å². The first-order chi connectivity index (χ1) is 29.0. The van der Waals surface area contributed by atoms with E-state index in [4.69, 9.17) is 25.4 Å². The van der Waals surface area contributed by atoms with E-state index in [1.165, 1.54) is 20.4 Å². The number of para-hydroxylation sites is 1. The summed E-state index contributed by atoms with van der Waals surface area (Å²) in [4.78, 5) is 42.4. The van der Waals surface area contributed by atoms with Crippen LogP contribution >= 0.6 is 19.2 Å². The normalized spacial score (nSPS) is 19.6. The van der Waals surface area contributed by atoms with E-state index >= 15 is 4.39 Å². The van der Waals surface area contributed by atoms with Crippen LogP contribution in [0.2, 0.25) is 5.02 Å². The molecule has 60 heavy (non-hydrogen) atoms. The summed E-state index contributed by atoms with van der Waals surface area (Å²) in [6.45, 7) is 7.09. The van der Waals surface area contributed by atoms with Crippen LogP contribution < -0.4 is 30.9 Å². The highest BCUT2D eigenvalue weighted by molar-refractivity contribution is 7.62. The molecule has 3 aromatic carbocycles. The zero-order valence-corrected chi connectivity index (χ0v) is 35.6. The number of ether oxygens (including phenoxy) is 1. The molecule has 3 saturated heterocycles. The average Bonchev–Trinajstić information content (AvgIpc) is 3.67. The van der Waals surface area contributed by atoms with Crippen LogP contribution in [0.4, 0.5) is 33.2 Å². The van der Waals surface area contributed by atoms with Crippen molar-refractivity contribution in [2.45, 2.75) is 57.4 Å². The van der Waals surface area contributed by atoms with Gasteiger partial charge in [0, 0.05) is 103 Å². The van der Waals surface area contributed by atoms with Crippen molar-refractivity contribution in [1.29, 1.82) is 0 Å². The number of rotatable bonds is 13. The van der Waals surface area contributed by atoms with Crippen LogP contribution in [0.25, 0.3) is 0 Å². The van der Waals surface area contributed by atoms with Gasteiger partial charge in [-0.05, 0) is 66.8 Å². The van der Waals surface area contributed by atoms with E-state index in [2.05, 4.69) is 46.7 Å². The fourth-order valence-electron chi connectivity index (χ4n) is 8.72. The monoisotopic (exact) mass is 861 g/mol. The molecule has 8 rings (SSSR count). The maximum Gasteiger partial charge on any atom is 0.362 e. The van der Waals surface area contributed by atoms with Crippen molar-refractivity contribution in [2.75, 3.05) is 76.1 Å². The molecule has 2 amide bonds. The Labute approximate surface area is 354 Å². The molecule has 5 heterocycles. The smallest absolute Gasteiger partial charge is 0.362 e. The fraction of sp³-hybridized carbons (Fsp3) is 0.429. The number of carbonyl (C=O) groups excluding carboxylic acids is 2. The number of benzene rings is 3. The molecule has 3 N–H and O–H groups in total. The van der Waals surface area contributed by atoms with Gasteiger partial charge in [-0.15, -0.1) is 0 Å². The summed E-state index contributed by atoms with van der Waals surface area (Å²) in [5.41, 5.74) is 4.89. The quantitative estimate of drug-likeness (QED) is 0.110. The molecule has 0 saturated carbocycles. The predicted molar refractivity (Wildman–Crippen MR) is 228 cm³/mol. The largest absolute Gasteiger partial charge is 0.494 e. The highest BCUT2D eigenvalue weighted by Crippen LogP contribution is 2.47. The van der Waals surface area contributed by atoms with Gasteiger partial charge in [0.15, 0.2) is 5.82 Å². The van der Waals surface area contributed by atoms with Gasteiger partial charge in [-0.2, -0.15) is 4.98 Å². The maximum atomic E-state index is 15.3. The first kappa shape index (κ1) is 42.0. The molecule has 0 bridgehead atoms. The number of carbonyl (C=O) groups is 2. The number of nitrogens with one attached hydrogen (secondary N) is 3. The summed E-state index contributed by atoms with van der Waals surface area (Å²) in [7, 11) is 0.724. The molecule has 1 aromatic heterocycles. The number of piperidine rings is 2. The lowest BCUT2D eigenvalue weighted by Crippen LogP contribution is -2.53. The lowest BCUT2D eigenvalue weighted by atomic mass is 10.0. The summed E-state index contributed by atoms with van der Waals surface area (Å²) in [5.74, 6) is 0.536. The van der Waals surface area contributed by atoms with Crippen molar-refractivity contribution < 1.29 is 32.3 Å². The Morgan fingerprint density at radius 1 is 0.883 bits per heavy atom. The molecular weight excluding hydrogens is 812 g/mol. The Kier molecular flexibility index (Phi) is 12.7. The first-order valence-corrected chi connectivity index (χ1v) is 22.1. The molecule has 0 radical (unpaired) electrons. The second-order valence-corrected chi connectivity index (χ2v) is 18.1. The van der Waals surface area contributed by atoms with E-state index in [1.54, 1.807) is 37.4 Å². The van der Waals surface area contributed by atoms with E-state index in [1.807, 2.05) is 23.1 Å². The van der Waals surface area contributed by atoms with Gasteiger partial charge in [-0.1, -0.05) is 23.7 Å². The molecule has 0 spiro atoms. The predicted octanol–water partition coefficient (Wildman–Crippen LogP) is 5.78.